The van der Waals surface area contributed by atoms with Crippen molar-refractivity contribution in [2.24, 2.45) is 0 Å². The van der Waals surface area contributed by atoms with Crippen molar-refractivity contribution in [1.82, 2.24) is 4.98 Å². The van der Waals surface area contributed by atoms with Crippen LogP contribution in [0.15, 0.2) is 30.3 Å². The number of aromatic nitrogens is 1. The van der Waals surface area contributed by atoms with Gasteiger partial charge in [0, 0.05) is 34.2 Å². The molecule has 2 N–H and O–H groups in total. The zero-order valence-electron chi connectivity index (χ0n) is 12.0. The van der Waals surface area contributed by atoms with Gasteiger partial charge in [-0.15, -0.1) is 0 Å². The van der Waals surface area contributed by atoms with Crippen molar-refractivity contribution in [2.45, 2.75) is 18.6 Å². The predicted molar refractivity (Wildman–Crippen MR) is 85.3 cm³/mol. The van der Waals surface area contributed by atoms with Crippen molar-refractivity contribution in [3.8, 4) is 0 Å². The molecular weight excluding hydrogens is 288 g/mol. The number of anilines is 1. The molecule has 21 heavy (non-hydrogen) atoms. The molecule has 0 aliphatic heterocycles. The average molecular weight is 306 g/mol. The SMILES string of the molecule is CC(CCNc1nc(C(=O)O)cc2ccccc12)S(C)=O. The topological polar surface area (TPSA) is 79.3 Å². The first-order valence-corrected chi connectivity index (χ1v) is 8.30. The first kappa shape index (κ1) is 15.4. The molecule has 0 spiro atoms. The van der Waals surface area contributed by atoms with E-state index in [1.807, 2.05) is 31.2 Å². The van der Waals surface area contributed by atoms with Gasteiger partial charge in [-0.2, -0.15) is 0 Å². The van der Waals surface area contributed by atoms with Gasteiger partial charge in [0.2, 0.25) is 0 Å². The lowest BCUT2D eigenvalue weighted by molar-refractivity contribution is 0.0691. The number of carboxylic acid groups (broad SMARTS) is 1. The minimum absolute atomic E-state index is 0.0170. The number of benzene rings is 1. The Morgan fingerprint density at radius 1 is 1.43 bits per heavy atom. The van der Waals surface area contributed by atoms with Crippen LogP contribution in [0.4, 0.5) is 5.82 Å². The van der Waals surface area contributed by atoms with E-state index in [1.165, 1.54) is 0 Å². The summed E-state index contributed by atoms with van der Waals surface area (Å²) in [6.45, 7) is 2.53. The molecule has 0 aliphatic rings. The summed E-state index contributed by atoms with van der Waals surface area (Å²) in [5.74, 6) is -0.494. The molecule has 2 unspecified atom stereocenters. The molecule has 0 saturated carbocycles. The minimum atomic E-state index is -1.05. The van der Waals surface area contributed by atoms with Gasteiger partial charge in [-0.1, -0.05) is 31.2 Å². The van der Waals surface area contributed by atoms with E-state index in [0.717, 1.165) is 17.2 Å². The van der Waals surface area contributed by atoms with Crippen LogP contribution in [0.1, 0.15) is 23.8 Å². The molecule has 0 amide bonds. The highest BCUT2D eigenvalue weighted by Gasteiger charge is 2.11. The summed E-state index contributed by atoms with van der Waals surface area (Å²) < 4.78 is 11.3. The van der Waals surface area contributed by atoms with E-state index >= 15 is 0 Å². The van der Waals surface area contributed by atoms with E-state index in [1.54, 1.807) is 12.3 Å². The number of hydrogen-bond acceptors (Lipinski definition) is 4. The van der Waals surface area contributed by atoms with E-state index in [-0.39, 0.29) is 10.9 Å². The Hall–Kier alpha value is -1.95. The van der Waals surface area contributed by atoms with Crippen LogP contribution < -0.4 is 5.32 Å². The summed E-state index contributed by atoms with van der Waals surface area (Å²) in [5, 5.41) is 14.1. The Labute approximate surface area is 125 Å². The van der Waals surface area contributed by atoms with E-state index in [0.29, 0.717) is 12.4 Å². The van der Waals surface area contributed by atoms with Crippen LogP contribution in [0, 0.1) is 0 Å². The van der Waals surface area contributed by atoms with Gasteiger partial charge >= 0.3 is 5.97 Å². The van der Waals surface area contributed by atoms with Gasteiger partial charge in [0.25, 0.3) is 0 Å². The van der Waals surface area contributed by atoms with Crippen molar-refractivity contribution >= 4 is 33.4 Å². The molecule has 2 atom stereocenters. The Kier molecular flexibility index (Phi) is 4.90. The number of rotatable bonds is 6. The van der Waals surface area contributed by atoms with E-state index in [4.69, 9.17) is 5.11 Å². The third-order valence-corrected chi connectivity index (χ3v) is 4.74. The van der Waals surface area contributed by atoms with Crippen LogP contribution in [0.2, 0.25) is 0 Å². The summed E-state index contributed by atoms with van der Waals surface area (Å²) in [7, 11) is -0.862. The van der Waals surface area contributed by atoms with Crippen LogP contribution in [0.5, 0.6) is 0 Å². The maximum Gasteiger partial charge on any atom is 0.354 e. The molecule has 2 rings (SSSR count). The number of aromatic carboxylic acids is 1. The highest BCUT2D eigenvalue weighted by atomic mass is 32.2. The molecule has 112 valence electrons. The normalized spacial score (nSPS) is 13.8. The standard InChI is InChI=1S/C15H18N2O3S/c1-10(21(2)20)7-8-16-14-12-6-4-3-5-11(12)9-13(17-14)15(18)19/h3-6,9-10H,7-8H2,1-2H3,(H,16,17)(H,18,19). The van der Waals surface area contributed by atoms with E-state index < -0.39 is 16.8 Å². The highest BCUT2D eigenvalue weighted by molar-refractivity contribution is 7.84. The number of hydrogen-bond donors (Lipinski definition) is 2. The molecule has 1 heterocycles. The maximum atomic E-state index is 11.3. The molecule has 0 aliphatic carbocycles. The highest BCUT2D eigenvalue weighted by Crippen LogP contribution is 2.22. The van der Waals surface area contributed by atoms with Crippen LogP contribution in [0.25, 0.3) is 10.8 Å². The zero-order chi connectivity index (χ0) is 15.4. The number of fused-ring (bicyclic) bond motifs is 1. The zero-order valence-corrected chi connectivity index (χ0v) is 12.8. The average Bonchev–Trinajstić information content (AvgIpc) is 2.46. The quantitative estimate of drug-likeness (QED) is 0.857. The van der Waals surface area contributed by atoms with Crippen molar-refractivity contribution < 1.29 is 14.1 Å². The molecule has 0 radical (unpaired) electrons. The number of carbonyl (C=O) groups is 1. The lowest BCUT2D eigenvalue weighted by Gasteiger charge is -2.12. The van der Waals surface area contributed by atoms with Crippen LogP contribution in [-0.4, -0.2) is 38.3 Å². The summed E-state index contributed by atoms with van der Waals surface area (Å²) in [4.78, 5) is 15.3. The van der Waals surface area contributed by atoms with Gasteiger partial charge in [-0.05, 0) is 17.9 Å². The molecule has 2 aromatic rings. The fraction of sp³-hybridized carbons (Fsp3) is 0.333. The van der Waals surface area contributed by atoms with Crippen molar-refractivity contribution in [1.29, 1.82) is 0 Å². The second-order valence-corrected chi connectivity index (χ2v) is 6.71. The molecule has 0 bridgehead atoms. The van der Waals surface area contributed by atoms with Crippen molar-refractivity contribution in [3.05, 3.63) is 36.0 Å². The van der Waals surface area contributed by atoms with Gasteiger partial charge < -0.3 is 10.4 Å². The Morgan fingerprint density at radius 2 is 2.14 bits per heavy atom. The van der Waals surface area contributed by atoms with Crippen molar-refractivity contribution in [3.63, 3.8) is 0 Å². The monoisotopic (exact) mass is 306 g/mol. The third-order valence-electron chi connectivity index (χ3n) is 3.37. The largest absolute Gasteiger partial charge is 0.477 e. The van der Waals surface area contributed by atoms with Gasteiger partial charge in [0.15, 0.2) is 5.69 Å². The van der Waals surface area contributed by atoms with Gasteiger partial charge in [0.05, 0.1) is 0 Å². The predicted octanol–water partition coefficient (Wildman–Crippen LogP) is 2.50. The lowest BCUT2D eigenvalue weighted by Crippen LogP contribution is -2.16. The summed E-state index contributed by atoms with van der Waals surface area (Å²) in [6.07, 6.45) is 2.42. The van der Waals surface area contributed by atoms with Crippen LogP contribution >= 0.6 is 0 Å². The smallest absolute Gasteiger partial charge is 0.354 e. The summed E-state index contributed by atoms with van der Waals surface area (Å²) >= 11 is 0. The number of nitrogens with zero attached hydrogens (tertiary/aromatic N) is 1. The molecule has 0 fully saturated rings. The molecular formula is C15H18N2O3S. The first-order chi connectivity index (χ1) is 9.99. The fourth-order valence-electron chi connectivity index (χ4n) is 2.00. The Balaban J connectivity index is 2.25. The Morgan fingerprint density at radius 3 is 2.81 bits per heavy atom. The Bertz CT molecular complexity index is 688. The van der Waals surface area contributed by atoms with Crippen LogP contribution in [-0.2, 0) is 10.8 Å². The minimum Gasteiger partial charge on any atom is -0.477 e. The number of carboxylic acids is 1. The summed E-state index contributed by atoms with van der Waals surface area (Å²) in [5.41, 5.74) is 0.0170. The van der Waals surface area contributed by atoms with Gasteiger partial charge in [-0.25, -0.2) is 9.78 Å². The fourth-order valence-corrected chi connectivity index (χ4v) is 2.45. The maximum absolute atomic E-state index is 11.3. The van der Waals surface area contributed by atoms with E-state index in [9.17, 15) is 9.00 Å². The molecule has 1 aromatic carbocycles. The lowest BCUT2D eigenvalue weighted by atomic mass is 10.1. The molecule has 1 aromatic heterocycles. The molecule has 0 saturated heterocycles. The molecule has 6 heteroatoms. The van der Waals surface area contributed by atoms with Crippen LogP contribution in [0.3, 0.4) is 0 Å². The molecule has 5 nitrogen and oxygen atoms in total. The second kappa shape index (κ2) is 6.67. The number of nitrogens with one attached hydrogen (secondary N) is 1. The summed E-state index contributed by atoms with van der Waals surface area (Å²) in [6, 6.07) is 9.07. The first-order valence-electron chi connectivity index (χ1n) is 6.68. The van der Waals surface area contributed by atoms with E-state index in [2.05, 4.69) is 10.3 Å². The number of pyridine rings is 1. The van der Waals surface area contributed by atoms with Crippen molar-refractivity contribution in [2.75, 3.05) is 18.1 Å². The third kappa shape index (κ3) is 3.78. The van der Waals surface area contributed by atoms with Gasteiger partial charge in [-0.3, -0.25) is 4.21 Å². The second-order valence-electron chi connectivity index (χ2n) is 4.91. The van der Waals surface area contributed by atoms with Gasteiger partial charge in [0.1, 0.15) is 5.82 Å².